The molecule has 1 aliphatic heterocycles. The Labute approximate surface area is 204 Å². The van der Waals surface area contributed by atoms with Gasteiger partial charge in [0.05, 0.1) is 25.7 Å². The number of carboxylic acids is 1. The van der Waals surface area contributed by atoms with Crippen LogP contribution in [0.15, 0.2) is 48.5 Å². The van der Waals surface area contributed by atoms with Crippen molar-refractivity contribution in [2.24, 2.45) is 5.92 Å². The number of nitrogens with zero attached hydrogens (tertiary/aromatic N) is 1. The number of morpholine rings is 1. The second-order valence-electron chi connectivity index (χ2n) is 9.54. The van der Waals surface area contributed by atoms with Crippen molar-refractivity contribution < 1.29 is 29.0 Å². The number of benzene rings is 2. The maximum Gasteiger partial charge on any atom is 0.407 e. The van der Waals surface area contributed by atoms with Crippen LogP contribution in [0.4, 0.5) is 4.79 Å². The zero-order valence-corrected chi connectivity index (χ0v) is 19.5. The van der Waals surface area contributed by atoms with Gasteiger partial charge in [0.2, 0.25) is 5.91 Å². The van der Waals surface area contributed by atoms with Crippen molar-refractivity contribution in [3.8, 4) is 11.1 Å². The Kier molecular flexibility index (Phi) is 6.72. The van der Waals surface area contributed by atoms with E-state index in [4.69, 9.17) is 14.6 Å². The lowest BCUT2D eigenvalue weighted by atomic mass is 9.98. The molecule has 0 radical (unpaired) electrons. The molecule has 2 fully saturated rings. The first-order valence-corrected chi connectivity index (χ1v) is 12.2. The van der Waals surface area contributed by atoms with Crippen LogP contribution in [0.3, 0.4) is 0 Å². The molecular formula is C27H30N2O6. The minimum absolute atomic E-state index is 0.00135. The van der Waals surface area contributed by atoms with Crippen molar-refractivity contribution in [1.29, 1.82) is 0 Å². The Morgan fingerprint density at radius 2 is 1.71 bits per heavy atom. The highest BCUT2D eigenvalue weighted by atomic mass is 16.5. The van der Waals surface area contributed by atoms with Crippen LogP contribution in [0.2, 0.25) is 0 Å². The maximum absolute atomic E-state index is 13.1. The summed E-state index contributed by atoms with van der Waals surface area (Å²) in [6.45, 7) is 1.31. The number of fused-ring (bicyclic) bond motifs is 3. The van der Waals surface area contributed by atoms with Gasteiger partial charge in [0.1, 0.15) is 6.61 Å². The molecule has 8 heteroatoms. The molecule has 3 aliphatic rings. The summed E-state index contributed by atoms with van der Waals surface area (Å²) in [5.74, 6) is -1.22. The van der Waals surface area contributed by atoms with E-state index >= 15 is 0 Å². The Hall–Kier alpha value is -3.39. The molecule has 3 atom stereocenters. The summed E-state index contributed by atoms with van der Waals surface area (Å²) in [5.41, 5.74) is 4.68. The van der Waals surface area contributed by atoms with Gasteiger partial charge in [-0.3, -0.25) is 9.59 Å². The van der Waals surface area contributed by atoms with Crippen molar-refractivity contribution in [3.05, 3.63) is 59.7 Å². The highest BCUT2D eigenvalue weighted by Gasteiger charge is 2.38. The highest BCUT2D eigenvalue weighted by Crippen LogP contribution is 2.44. The lowest BCUT2D eigenvalue weighted by Crippen LogP contribution is -2.51. The van der Waals surface area contributed by atoms with E-state index < -0.39 is 18.1 Å². The highest BCUT2D eigenvalue weighted by molar-refractivity contribution is 5.81. The van der Waals surface area contributed by atoms with Gasteiger partial charge in [0, 0.05) is 24.4 Å². The van der Waals surface area contributed by atoms with Crippen molar-refractivity contribution in [3.63, 3.8) is 0 Å². The van der Waals surface area contributed by atoms with E-state index in [9.17, 15) is 14.4 Å². The van der Waals surface area contributed by atoms with Gasteiger partial charge < -0.3 is 24.8 Å². The summed E-state index contributed by atoms with van der Waals surface area (Å²) in [6.07, 6.45) is 1.28. The summed E-state index contributed by atoms with van der Waals surface area (Å²) >= 11 is 0. The Morgan fingerprint density at radius 1 is 1.03 bits per heavy atom. The number of ether oxygens (including phenoxy) is 2. The lowest BCUT2D eigenvalue weighted by molar-refractivity contribution is -0.149. The van der Waals surface area contributed by atoms with Crippen LogP contribution in [0, 0.1) is 5.92 Å². The van der Waals surface area contributed by atoms with E-state index in [1.807, 2.05) is 24.3 Å². The minimum atomic E-state index is -0.945. The zero-order chi connectivity index (χ0) is 24.4. The van der Waals surface area contributed by atoms with Crippen LogP contribution in [0.25, 0.3) is 11.1 Å². The van der Waals surface area contributed by atoms with Crippen LogP contribution in [-0.4, -0.2) is 66.4 Å². The van der Waals surface area contributed by atoms with E-state index in [2.05, 4.69) is 29.6 Å². The molecule has 0 spiro atoms. The Morgan fingerprint density at radius 3 is 2.40 bits per heavy atom. The van der Waals surface area contributed by atoms with E-state index in [0.717, 1.165) is 11.1 Å². The molecule has 2 aromatic carbocycles. The van der Waals surface area contributed by atoms with Crippen LogP contribution in [-0.2, 0) is 19.1 Å². The van der Waals surface area contributed by atoms with Crippen LogP contribution in [0.5, 0.6) is 0 Å². The topological polar surface area (TPSA) is 105 Å². The van der Waals surface area contributed by atoms with Gasteiger partial charge >= 0.3 is 12.1 Å². The molecule has 5 rings (SSSR count). The predicted molar refractivity (Wildman–Crippen MR) is 128 cm³/mol. The predicted octanol–water partition coefficient (Wildman–Crippen LogP) is 3.40. The number of hydrogen-bond acceptors (Lipinski definition) is 5. The van der Waals surface area contributed by atoms with Gasteiger partial charge in [-0.2, -0.15) is 0 Å². The number of nitrogens with one attached hydrogen (secondary N) is 1. The quantitative estimate of drug-likeness (QED) is 0.659. The number of alkyl carbamates (subject to hydrolysis) is 1. The van der Waals surface area contributed by atoms with Crippen molar-refractivity contribution >= 4 is 18.0 Å². The van der Waals surface area contributed by atoms with Crippen molar-refractivity contribution in [2.45, 2.75) is 43.7 Å². The van der Waals surface area contributed by atoms with Crippen LogP contribution < -0.4 is 5.32 Å². The number of carboxylic acid groups (broad SMARTS) is 1. The molecule has 1 heterocycles. The molecule has 2 aliphatic carbocycles. The van der Waals surface area contributed by atoms with Gasteiger partial charge in [-0.1, -0.05) is 48.5 Å². The van der Waals surface area contributed by atoms with Gasteiger partial charge in [-0.05, 0) is 41.5 Å². The Bertz CT molecular complexity index is 1070. The number of carbonyl (C=O) groups is 3. The smallest absolute Gasteiger partial charge is 0.407 e. The molecule has 184 valence electrons. The van der Waals surface area contributed by atoms with E-state index in [0.29, 0.717) is 32.4 Å². The maximum atomic E-state index is 13.1. The zero-order valence-electron chi connectivity index (χ0n) is 19.5. The van der Waals surface area contributed by atoms with Gasteiger partial charge in [-0.15, -0.1) is 0 Å². The molecule has 1 saturated heterocycles. The number of carbonyl (C=O) groups excluding carboxylic acids is 2. The monoisotopic (exact) mass is 478 g/mol. The largest absolute Gasteiger partial charge is 0.481 e. The van der Waals surface area contributed by atoms with Gasteiger partial charge in [0.15, 0.2) is 0 Å². The first-order chi connectivity index (χ1) is 17.0. The molecule has 2 amide bonds. The second kappa shape index (κ2) is 10.1. The fourth-order valence-electron chi connectivity index (χ4n) is 5.69. The van der Waals surface area contributed by atoms with Crippen LogP contribution in [0.1, 0.15) is 42.7 Å². The first kappa shape index (κ1) is 23.4. The summed E-state index contributed by atoms with van der Waals surface area (Å²) in [7, 11) is 0. The minimum Gasteiger partial charge on any atom is -0.481 e. The molecule has 35 heavy (non-hydrogen) atoms. The molecule has 2 N–H and O–H groups in total. The number of amides is 2. The van der Waals surface area contributed by atoms with Gasteiger partial charge in [0.25, 0.3) is 0 Å². The van der Waals surface area contributed by atoms with Crippen LogP contribution >= 0.6 is 0 Å². The molecule has 2 aromatic rings. The fraction of sp³-hybridized carbons (Fsp3) is 0.444. The summed E-state index contributed by atoms with van der Waals surface area (Å²) < 4.78 is 11.0. The standard InChI is InChI=1S/C27H30N2O6/c30-25(31)14-19-15-34-12-11-29(19)26(32)17-9-10-18(13-17)28-27(33)35-16-24-22-7-3-1-5-20(22)21-6-2-4-8-23(21)24/h1-8,17-19,24H,9-16H2,(H,28,33)(H,30,31). The molecule has 0 bridgehead atoms. The third kappa shape index (κ3) is 4.89. The molecule has 8 nitrogen and oxygen atoms in total. The lowest BCUT2D eigenvalue weighted by Gasteiger charge is -2.36. The average Bonchev–Trinajstić information content (AvgIpc) is 3.45. The van der Waals surface area contributed by atoms with Gasteiger partial charge in [-0.25, -0.2) is 4.79 Å². The van der Waals surface area contributed by atoms with E-state index in [1.54, 1.807) is 4.90 Å². The van der Waals surface area contributed by atoms with Crippen molar-refractivity contribution in [1.82, 2.24) is 10.2 Å². The summed E-state index contributed by atoms with van der Waals surface area (Å²) in [4.78, 5) is 38.5. The number of aliphatic carboxylic acids is 1. The molecule has 1 saturated carbocycles. The molecular weight excluding hydrogens is 448 g/mol. The van der Waals surface area contributed by atoms with E-state index in [-0.39, 0.29) is 43.4 Å². The summed E-state index contributed by atoms with van der Waals surface area (Å²) in [6, 6.07) is 15.8. The average molecular weight is 479 g/mol. The Balaban J connectivity index is 1.15. The third-order valence-electron chi connectivity index (χ3n) is 7.37. The normalized spacial score (nSPS) is 23.4. The number of rotatable bonds is 6. The first-order valence-electron chi connectivity index (χ1n) is 12.2. The second-order valence-corrected chi connectivity index (χ2v) is 9.54. The number of hydrogen-bond donors (Lipinski definition) is 2. The summed E-state index contributed by atoms with van der Waals surface area (Å²) in [5, 5.41) is 12.1. The van der Waals surface area contributed by atoms with Crippen molar-refractivity contribution in [2.75, 3.05) is 26.4 Å². The SMILES string of the molecule is O=C(O)CC1COCCN1C(=O)C1CCC(NC(=O)OCC2c3ccccc3-c3ccccc32)C1. The molecule has 0 aromatic heterocycles. The fourth-order valence-corrected chi connectivity index (χ4v) is 5.69. The third-order valence-corrected chi connectivity index (χ3v) is 7.37. The van der Waals surface area contributed by atoms with E-state index in [1.165, 1.54) is 11.1 Å². The molecule has 3 unspecified atom stereocenters.